The third-order valence-electron chi connectivity index (χ3n) is 3.27. The van der Waals surface area contributed by atoms with E-state index in [1.165, 1.54) is 0 Å². The van der Waals surface area contributed by atoms with E-state index in [2.05, 4.69) is 16.4 Å². The predicted molar refractivity (Wildman–Crippen MR) is 86.9 cm³/mol. The van der Waals surface area contributed by atoms with Gasteiger partial charge in [0.25, 0.3) is 5.91 Å². The molecule has 0 aliphatic rings. The fraction of sp³-hybridized carbons (Fsp3) is 0.278. The van der Waals surface area contributed by atoms with Crippen LogP contribution in [0.15, 0.2) is 42.6 Å². The minimum absolute atomic E-state index is 0.189. The summed E-state index contributed by atoms with van der Waals surface area (Å²) in [6.45, 7) is 4.38. The number of aryl methyl sites for hydroxylation is 1. The minimum Gasteiger partial charge on any atom is -0.487 e. The molecule has 1 atom stereocenters. The van der Waals surface area contributed by atoms with Crippen LogP contribution in [0.1, 0.15) is 28.5 Å². The molecule has 1 aromatic carbocycles. The van der Waals surface area contributed by atoms with Gasteiger partial charge in [0.2, 0.25) is 0 Å². The van der Waals surface area contributed by atoms with Crippen LogP contribution in [-0.4, -0.2) is 17.4 Å². The van der Waals surface area contributed by atoms with Crippen LogP contribution >= 0.6 is 0 Å². The summed E-state index contributed by atoms with van der Waals surface area (Å²) >= 11 is 0. The Bertz CT molecular complexity index is 705. The monoisotopic (exact) mass is 309 g/mol. The average Bonchev–Trinajstić information content (AvgIpc) is 2.59. The molecule has 0 aliphatic heterocycles. The van der Waals surface area contributed by atoms with Crippen molar-refractivity contribution in [1.29, 1.82) is 5.26 Å². The van der Waals surface area contributed by atoms with Crippen molar-refractivity contribution < 1.29 is 9.53 Å². The smallest absolute Gasteiger partial charge is 0.251 e. The van der Waals surface area contributed by atoms with Crippen molar-refractivity contribution in [3.05, 3.63) is 59.4 Å². The molecular formula is C18H19N3O2. The Hall–Kier alpha value is -2.87. The summed E-state index contributed by atoms with van der Waals surface area (Å²) in [5, 5.41) is 11.5. The molecule has 2 aromatic rings. The molecule has 118 valence electrons. The van der Waals surface area contributed by atoms with Crippen LogP contribution in [0.4, 0.5) is 0 Å². The molecule has 0 bridgehead atoms. The van der Waals surface area contributed by atoms with Gasteiger partial charge >= 0.3 is 0 Å². The summed E-state index contributed by atoms with van der Waals surface area (Å²) in [5.74, 6) is 0.291. The van der Waals surface area contributed by atoms with Gasteiger partial charge in [-0.15, -0.1) is 0 Å². The highest BCUT2D eigenvalue weighted by molar-refractivity contribution is 5.94. The quantitative estimate of drug-likeness (QED) is 0.890. The lowest BCUT2D eigenvalue weighted by molar-refractivity contribution is 0.0950. The lowest BCUT2D eigenvalue weighted by Crippen LogP contribution is -2.27. The minimum atomic E-state index is -0.209. The molecule has 2 rings (SSSR count). The van der Waals surface area contributed by atoms with Crippen molar-refractivity contribution in [1.82, 2.24) is 10.3 Å². The predicted octanol–water partition coefficient (Wildman–Crippen LogP) is 2.86. The van der Waals surface area contributed by atoms with Gasteiger partial charge in [-0.1, -0.05) is 12.1 Å². The van der Waals surface area contributed by atoms with E-state index in [1.807, 2.05) is 31.2 Å². The summed E-state index contributed by atoms with van der Waals surface area (Å²) < 4.78 is 5.66. The lowest BCUT2D eigenvalue weighted by atomic mass is 10.1. The molecule has 0 spiro atoms. The van der Waals surface area contributed by atoms with E-state index in [1.54, 1.807) is 25.3 Å². The number of pyridine rings is 1. The van der Waals surface area contributed by atoms with Crippen molar-refractivity contribution in [2.45, 2.75) is 20.5 Å². The number of hydrogen-bond donors (Lipinski definition) is 1. The molecule has 1 heterocycles. The van der Waals surface area contributed by atoms with Gasteiger partial charge in [-0.05, 0) is 43.7 Å². The summed E-state index contributed by atoms with van der Waals surface area (Å²) in [4.78, 5) is 16.2. The first kappa shape index (κ1) is 16.5. The lowest BCUT2D eigenvalue weighted by Gasteiger charge is -2.09. The van der Waals surface area contributed by atoms with E-state index in [4.69, 9.17) is 10.00 Å². The van der Waals surface area contributed by atoms with Crippen LogP contribution in [0.5, 0.6) is 5.75 Å². The maximum absolute atomic E-state index is 12.1. The second-order valence-electron chi connectivity index (χ2n) is 5.36. The highest BCUT2D eigenvalue weighted by atomic mass is 16.5. The molecule has 23 heavy (non-hydrogen) atoms. The highest BCUT2D eigenvalue weighted by Crippen LogP contribution is 2.13. The zero-order valence-electron chi connectivity index (χ0n) is 13.2. The molecule has 0 unspecified atom stereocenters. The molecule has 5 heteroatoms. The molecular weight excluding hydrogens is 290 g/mol. The number of nitrogens with zero attached hydrogens (tertiary/aromatic N) is 2. The van der Waals surface area contributed by atoms with Crippen molar-refractivity contribution in [3.63, 3.8) is 0 Å². The van der Waals surface area contributed by atoms with Gasteiger partial charge in [0, 0.05) is 17.8 Å². The van der Waals surface area contributed by atoms with Crippen molar-refractivity contribution in [3.8, 4) is 11.8 Å². The number of hydrogen-bond acceptors (Lipinski definition) is 4. The fourth-order valence-corrected chi connectivity index (χ4v) is 1.90. The Kier molecular flexibility index (Phi) is 5.70. The Balaban J connectivity index is 1.95. The largest absolute Gasteiger partial charge is 0.487 e. The van der Waals surface area contributed by atoms with Crippen LogP contribution in [0.25, 0.3) is 0 Å². The molecule has 0 radical (unpaired) electrons. The maximum Gasteiger partial charge on any atom is 0.251 e. The standard InChI is InChI=1S/C18H19N3O2/c1-13(9-19)10-21-18(22)16-5-3-4-15(8-16)12-23-17-7-6-14(2)20-11-17/h3-8,11,13H,10,12H2,1-2H3,(H,21,22)/t13-/m1/s1. The maximum atomic E-state index is 12.1. The second kappa shape index (κ2) is 7.95. The zero-order valence-corrected chi connectivity index (χ0v) is 13.2. The number of ether oxygens (including phenoxy) is 1. The SMILES string of the molecule is Cc1ccc(OCc2cccc(C(=O)NC[C@H](C)C#N)c2)cn1. The van der Waals surface area contributed by atoms with E-state index in [9.17, 15) is 4.79 Å². The Labute approximate surface area is 135 Å². The van der Waals surface area contributed by atoms with Gasteiger partial charge in [0.15, 0.2) is 0 Å². The summed E-state index contributed by atoms with van der Waals surface area (Å²) in [6, 6.07) is 13.1. The van der Waals surface area contributed by atoms with Crippen molar-refractivity contribution >= 4 is 5.91 Å². The third-order valence-corrected chi connectivity index (χ3v) is 3.27. The number of amides is 1. The Morgan fingerprint density at radius 1 is 1.39 bits per heavy atom. The number of benzene rings is 1. The first-order chi connectivity index (χ1) is 11.1. The van der Waals surface area contributed by atoms with Crippen LogP contribution in [0, 0.1) is 24.2 Å². The molecule has 0 saturated carbocycles. The molecule has 0 fully saturated rings. The number of nitrogens with one attached hydrogen (secondary N) is 1. The number of carbonyl (C=O) groups excluding carboxylic acids is 1. The number of carbonyl (C=O) groups is 1. The number of aromatic nitrogens is 1. The normalized spacial score (nSPS) is 11.3. The van der Waals surface area contributed by atoms with Crippen molar-refractivity contribution in [2.24, 2.45) is 5.92 Å². The number of nitriles is 1. The van der Waals surface area contributed by atoms with Gasteiger partial charge in [0.1, 0.15) is 12.4 Å². The molecule has 0 aliphatic carbocycles. The van der Waals surface area contributed by atoms with E-state index in [-0.39, 0.29) is 11.8 Å². The molecule has 5 nitrogen and oxygen atoms in total. The van der Waals surface area contributed by atoms with Crippen LogP contribution in [0.2, 0.25) is 0 Å². The molecule has 1 N–H and O–H groups in total. The second-order valence-corrected chi connectivity index (χ2v) is 5.36. The van der Waals surface area contributed by atoms with E-state index >= 15 is 0 Å². The van der Waals surface area contributed by atoms with Gasteiger partial charge in [-0.3, -0.25) is 9.78 Å². The van der Waals surface area contributed by atoms with E-state index < -0.39 is 0 Å². The molecule has 0 saturated heterocycles. The van der Waals surface area contributed by atoms with Gasteiger partial charge < -0.3 is 10.1 Å². The summed E-state index contributed by atoms with van der Waals surface area (Å²) in [5.41, 5.74) is 2.38. The van der Waals surface area contributed by atoms with E-state index in [0.29, 0.717) is 24.5 Å². The van der Waals surface area contributed by atoms with Crippen LogP contribution in [0.3, 0.4) is 0 Å². The summed E-state index contributed by atoms with van der Waals surface area (Å²) in [6.07, 6.45) is 1.68. The highest BCUT2D eigenvalue weighted by Gasteiger charge is 2.08. The molecule has 1 amide bonds. The first-order valence-electron chi connectivity index (χ1n) is 7.40. The van der Waals surface area contributed by atoms with Crippen LogP contribution < -0.4 is 10.1 Å². The third kappa shape index (κ3) is 5.11. The van der Waals surface area contributed by atoms with Gasteiger partial charge in [-0.2, -0.15) is 5.26 Å². The Morgan fingerprint density at radius 3 is 2.91 bits per heavy atom. The topological polar surface area (TPSA) is 75.0 Å². The fourth-order valence-electron chi connectivity index (χ4n) is 1.90. The number of rotatable bonds is 6. The van der Waals surface area contributed by atoms with E-state index in [0.717, 1.165) is 11.3 Å². The summed E-state index contributed by atoms with van der Waals surface area (Å²) in [7, 11) is 0. The first-order valence-corrected chi connectivity index (χ1v) is 7.40. The zero-order chi connectivity index (χ0) is 16.7. The van der Waals surface area contributed by atoms with Crippen LogP contribution in [-0.2, 0) is 6.61 Å². The molecule has 1 aromatic heterocycles. The van der Waals surface area contributed by atoms with Gasteiger partial charge in [0.05, 0.1) is 18.2 Å². The van der Waals surface area contributed by atoms with Gasteiger partial charge in [-0.25, -0.2) is 0 Å². The Morgan fingerprint density at radius 2 is 2.22 bits per heavy atom. The average molecular weight is 309 g/mol. The van der Waals surface area contributed by atoms with Crippen molar-refractivity contribution in [2.75, 3.05) is 6.54 Å².